The summed E-state index contributed by atoms with van der Waals surface area (Å²) in [7, 11) is 0. The molecule has 1 aliphatic rings. The molecular formula is C13H24N2O4. The molecule has 2 unspecified atom stereocenters. The number of nitrogens with one attached hydrogen (secondary N) is 1. The summed E-state index contributed by atoms with van der Waals surface area (Å²) in [5.74, 6) is -0.687. The number of rotatable bonds is 5. The minimum atomic E-state index is -1.42. The number of likely N-dealkylation sites (tertiary alicyclic amines) is 1. The number of amides is 2. The Morgan fingerprint density at radius 2 is 2.11 bits per heavy atom. The predicted octanol–water partition coefficient (Wildman–Crippen LogP) is 1.04. The number of urea groups is 1. The van der Waals surface area contributed by atoms with Gasteiger partial charge in [0, 0.05) is 19.1 Å². The van der Waals surface area contributed by atoms with Crippen LogP contribution in [0, 0.1) is 5.92 Å². The quantitative estimate of drug-likeness (QED) is 0.697. The van der Waals surface area contributed by atoms with Crippen LogP contribution in [-0.2, 0) is 4.79 Å². The van der Waals surface area contributed by atoms with E-state index in [4.69, 9.17) is 5.11 Å². The molecule has 0 spiro atoms. The van der Waals surface area contributed by atoms with Crippen molar-refractivity contribution < 1.29 is 19.8 Å². The van der Waals surface area contributed by atoms with Gasteiger partial charge in [0.05, 0.1) is 12.0 Å². The maximum Gasteiger partial charge on any atom is 0.317 e. The summed E-state index contributed by atoms with van der Waals surface area (Å²) in [6, 6.07) is 0.00582. The zero-order valence-corrected chi connectivity index (χ0v) is 11.8. The maximum absolute atomic E-state index is 12.0. The highest BCUT2D eigenvalue weighted by atomic mass is 16.4. The maximum atomic E-state index is 12.0. The fourth-order valence-electron chi connectivity index (χ4n) is 2.49. The average Bonchev–Trinajstić information content (AvgIpc) is 2.73. The number of nitrogens with zero attached hydrogens (tertiary/aromatic N) is 1. The van der Waals surface area contributed by atoms with Crippen molar-refractivity contribution in [2.75, 3.05) is 13.1 Å². The number of carboxylic acid groups (broad SMARTS) is 1. The van der Waals surface area contributed by atoms with Gasteiger partial charge >= 0.3 is 12.0 Å². The number of aliphatic hydroxyl groups is 1. The van der Waals surface area contributed by atoms with Crippen molar-refractivity contribution in [2.45, 2.75) is 51.7 Å². The molecule has 2 amide bonds. The van der Waals surface area contributed by atoms with Crippen LogP contribution in [0.4, 0.5) is 4.79 Å². The van der Waals surface area contributed by atoms with Crippen LogP contribution >= 0.6 is 0 Å². The summed E-state index contributed by atoms with van der Waals surface area (Å²) in [6.45, 7) is 6.23. The largest absolute Gasteiger partial charge is 0.481 e. The molecule has 0 aromatic rings. The van der Waals surface area contributed by atoms with E-state index in [0.29, 0.717) is 5.92 Å². The zero-order chi connectivity index (χ0) is 14.6. The second-order valence-corrected chi connectivity index (χ2v) is 5.87. The average molecular weight is 272 g/mol. The molecule has 110 valence electrons. The van der Waals surface area contributed by atoms with Crippen molar-refractivity contribution in [1.29, 1.82) is 0 Å². The fraction of sp³-hybridized carbons (Fsp3) is 0.846. The second-order valence-electron chi connectivity index (χ2n) is 5.87. The minimum absolute atomic E-state index is 0.0561. The lowest BCUT2D eigenvalue weighted by atomic mass is 10.0. The van der Waals surface area contributed by atoms with Gasteiger partial charge in [0.1, 0.15) is 0 Å². The molecule has 6 heteroatoms. The normalized spacial score (nSPS) is 22.4. The monoisotopic (exact) mass is 272 g/mol. The molecule has 0 radical (unpaired) electrons. The van der Waals surface area contributed by atoms with Gasteiger partial charge in [0.25, 0.3) is 0 Å². The van der Waals surface area contributed by atoms with E-state index in [-0.39, 0.29) is 25.0 Å². The topological polar surface area (TPSA) is 89.9 Å². The Morgan fingerprint density at radius 3 is 2.63 bits per heavy atom. The highest BCUT2D eigenvalue weighted by molar-refractivity contribution is 5.75. The van der Waals surface area contributed by atoms with Crippen LogP contribution in [0.3, 0.4) is 0 Å². The molecule has 3 N–H and O–H groups in total. The zero-order valence-electron chi connectivity index (χ0n) is 11.8. The van der Waals surface area contributed by atoms with Crippen molar-refractivity contribution >= 4 is 12.0 Å². The Labute approximate surface area is 113 Å². The summed E-state index contributed by atoms with van der Waals surface area (Å²) in [4.78, 5) is 24.4. The van der Waals surface area contributed by atoms with Crippen LogP contribution in [0.25, 0.3) is 0 Å². The second kappa shape index (κ2) is 6.23. The number of hydrogen-bond donors (Lipinski definition) is 3. The highest BCUT2D eigenvalue weighted by Crippen LogP contribution is 2.23. The van der Waals surface area contributed by atoms with Crippen LogP contribution in [-0.4, -0.2) is 51.8 Å². The third kappa shape index (κ3) is 4.70. The summed E-state index contributed by atoms with van der Waals surface area (Å²) in [5.41, 5.74) is -1.42. The molecule has 0 aromatic carbocycles. The van der Waals surface area contributed by atoms with Gasteiger partial charge in [-0.15, -0.1) is 0 Å². The van der Waals surface area contributed by atoms with E-state index in [9.17, 15) is 14.7 Å². The van der Waals surface area contributed by atoms with E-state index in [1.54, 1.807) is 4.90 Å². The number of aliphatic carboxylic acids is 1. The van der Waals surface area contributed by atoms with E-state index >= 15 is 0 Å². The third-order valence-electron chi connectivity index (χ3n) is 3.48. The first-order valence-corrected chi connectivity index (χ1v) is 6.71. The molecular weight excluding hydrogens is 248 g/mol. The Balaban J connectivity index is 2.49. The van der Waals surface area contributed by atoms with Crippen LogP contribution in [0.1, 0.15) is 40.0 Å². The number of carboxylic acids is 1. The fourth-order valence-corrected chi connectivity index (χ4v) is 2.49. The van der Waals surface area contributed by atoms with Gasteiger partial charge in [-0.1, -0.05) is 13.8 Å². The Hall–Kier alpha value is -1.30. The lowest BCUT2D eigenvalue weighted by Gasteiger charge is -2.29. The molecule has 1 aliphatic heterocycles. The predicted molar refractivity (Wildman–Crippen MR) is 70.8 cm³/mol. The van der Waals surface area contributed by atoms with Gasteiger partial charge in [-0.25, -0.2) is 4.79 Å². The van der Waals surface area contributed by atoms with Crippen LogP contribution in [0.2, 0.25) is 0 Å². The van der Waals surface area contributed by atoms with Gasteiger partial charge in [-0.3, -0.25) is 4.79 Å². The van der Waals surface area contributed by atoms with Gasteiger partial charge in [0.15, 0.2) is 0 Å². The first kappa shape index (κ1) is 15.8. The standard InChI is InChI=1S/C13H24N2O4/c1-9(2)10-5-4-6-15(10)12(18)14-8-13(3,19)7-11(16)17/h9-10,19H,4-8H2,1-3H3,(H,14,18)(H,16,17). The molecule has 0 aliphatic carbocycles. The van der Waals surface area contributed by atoms with E-state index < -0.39 is 11.6 Å². The summed E-state index contributed by atoms with van der Waals surface area (Å²) < 4.78 is 0. The van der Waals surface area contributed by atoms with E-state index in [0.717, 1.165) is 19.4 Å². The highest BCUT2D eigenvalue weighted by Gasteiger charge is 2.32. The van der Waals surface area contributed by atoms with Crippen molar-refractivity contribution in [3.63, 3.8) is 0 Å². The first-order valence-electron chi connectivity index (χ1n) is 6.71. The van der Waals surface area contributed by atoms with E-state index in [2.05, 4.69) is 19.2 Å². The molecule has 1 saturated heterocycles. The lowest BCUT2D eigenvalue weighted by Crippen LogP contribution is -2.49. The molecule has 1 rings (SSSR count). The summed E-state index contributed by atoms with van der Waals surface area (Å²) >= 11 is 0. The Morgan fingerprint density at radius 1 is 1.47 bits per heavy atom. The molecule has 0 aromatic heterocycles. The third-order valence-corrected chi connectivity index (χ3v) is 3.48. The SMILES string of the molecule is CC(C)C1CCCN1C(=O)NCC(C)(O)CC(=O)O. The van der Waals surface area contributed by atoms with E-state index in [1.165, 1.54) is 6.92 Å². The number of carbonyl (C=O) groups excluding carboxylic acids is 1. The molecule has 0 bridgehead atoms. The summed E-state index contributed by atoms with van der Waals surface area (Å²) in [5, 5.41) is 21.1. The van der Waals surface area contributed by atoms with Crippen molar-refractivity contribution in [3.8, 4) is 0 Å². The molecule has 19 heavy (non-hydrogen) atoms. The number of carbonyl (C=O) groups is 2. The van der Waals surface area contributed by atoms with Gasteiger partial charge in [-0.05, 0) is 25.7 Å². The Kier molecular flexibility index (Phi) is 5.17. The first-order chi connectivity index (χ1) is 8.73. The van der Waals surface area contributed by atoms with Crippen LogP contribution in [0.5, 0.6) is 0 Å². The van der Waals surface area contributed by atoms with Crippen molar-refractivity contribution in [1.82, 2.24) is 10.2 Å². The van der Waals surface area contributed by atoms with Gasteiger partial charge in [-0.2, -0.15) is 0 Å². The molecule has 2 atom stereocenters. The number of hydrogen-bond acceptors (Lipinski definition) is 3. The van der Waals surface area contributed by atoms with Crippen molar-refractivity contribution in [2.24, 2.45) is 5.92 Å². The van der Waals surface area contributed by atoms with Gasteiger partial charge < -0.3 is 20.4 Å². The minimum Gasteiger partial charge on any atom is -0.481 e. The molecule has 1 fully saturated rings. The Bertz CT molecular complexity index is 342. The van der Waals surface area contributed by atoms with Crippen LogP contribution < -0.4 is 5.32 Å². The van der Waals surface area contributed by atoms with Gasteiger partial charge in [0.2, 0.25) is 0 Å². The van der Waals surface area contributed by atoms with E-state index in [1.807, 2.05) is 0 Å². The lowest BCUT2D eigenvalue weighted by molar-refractivity contribution is -0.141. The molecule has 1 heterocycles. The smallest absolute Gasteiger partial charge is 0.317 e. The van der Waals surface area contributed by atoms with Crippen molar-refractivity contribution in [3.05, 3.63) is 0 Å². The van der Waals surface area contributed by atoms with Crippen LogP contribution in [0.15, 0.2) is 0 Å². The summed E-state index contributed by atoms with van der Waals surface area (Å²) in [6.07, 6.45) is 1.60. The molecule has 0 saturated carbocycles. The molecule has 6 nitrogen and oxygen atoms in total.